The third-order valence-electron chi connectivity index (χ3n) is 4.03. The van der Waals surface area contributed by atoms with Gasteiger partial charge in [0.25, 0.3) is 5.91 Å². The average Bonchev–Trinajstić information content (AvgIpc) is 3.20. The van der Waals surface area contributed by atoms with E-state index in [9.17, 15) is 14.9 Å². The molecule has 0 N–H and O–H groups in total. The number of aromatic nitrogens is 1. The first-order valence-electron chi connectivity index (χ1n) is 8.39. The summed E-state index contributed by atoms with van der Waals surface area (Å²) in [6, 6.07) is 9.92. The van der Waals surface area contributed by atoms with Gasteiger partial charge < -0.3 is 9.64 Å². The lowest BCUT2D eigenvalue weighted by Crippen LogP contribution is -2.27. The molecule has 0 radical (unpaired) electrons. The number of carbonyl (C=O) groups excluding carboxylic acids is 1. The van der Waals surface area contributed by atoms with Crippen LogP contribution in [-0.4, -0.2) is 46.2 Å². The molecule has 0 atom stereocenters. The minimum atomic E-state index is -0.458. The summed E-state index contributed by atoms with van der Waals surface area (Å²) < 4.78 is 5.50. The molecule has 26 heavy (non-hydrogen) atoms. The van der Waals surface area contributed by atoms with Crippen LogP contribution >= 0.6 is 11.8 Å². The molecule has 1 amide bonds. The van der Waals surface area contributed by atoms with Gasteiger partial charge in [0.2, 0.25) is 0 Å². The van der Waals surface area contributed by atoms with Crippen molar-refractivity contribution in [1.82, 2.24) is 9.88 Å². The number of nitro benzene ring substituents is 1. The highest BCUT2D eigenvalue weighted by molar-refractivity contribution is 7.99. The number of likely N-dealkylation sites (tertiary alicyclic amines) is 1. The zero-order valence-corrected chi connectivity index (χ0v) is 15.0. The van der Waals surface area contributed by atoms with Gasteiger partial charge in [-0.05, 0) is 31.0 Å². The van der Waals surface area contributed by atoms with Crippen molar-refractivity contribution in [1.29, 1.82) is 0 Å². The van der Waals surface area contributed by atoms with Crippen LogP contribution in [0, 0.1) is 10.1 Å². The van der Waals surface area contributed by atoms with Crippen molar-refractivity contribution in [2.45, 2.75) is 17.9 Å². The molecule has 1 fully saturated rings. The van der Waals surface area contributed by atoms with Gasteiger partial charge in [-0.15, -0.1) is 11.8 Å². The molecule has 0 aliphatic carbocycles. The van der Waals surface area contributed by atoms with Gasteiger partial charge in [0.15, 0.2) is 5.75 Å². The van der Waals surface area contributed by atoms with E-state index in [0.29, 0.717) is 17.9 Å². The smallest absolute Gasteiger partial charge is 0.310 e. The number of thioether (sulfide) groups is 1. The van der Waals surface area contributed by atoms with Crippen LogP contribution < -0.4 is 4.74 Å². The summed E-state index contributed by atoms with van der Waals surface area (Å²) in [5.41, 5.74) is 0.563. The van der Waals surface area contributed by atoms with Crippen molar-refractivity contribution in [3.63, 3.8) is 0 Å². The third kappa shape index (κ3) is 4.51. The van der Waals surface area contributed by atoms with Crippen LogP contribution in [0.3, 0.4) is 0 Å². The largest absolute Gasteiger partial charge is 0.486 e. The summed E-state index contributed by atoms with van der Waals surface area (Å²) in [4.78, 5) is 28.9. The first kappa shape index (κ1) is 18.2. The monoisotopic (exact) mass is 373 g/mol. The maximum absolute atomic E-state index is 12.3. The molecule has 3 rings (SSSR count). The van der Waals surface area contributed by atoms with Gasteiger partial charge in [-0.2, -0.15) is 0 Å². The zero-order chi connectivity index (χ0) is 18.4. The van der Waals surface area contributed by atoms with Crippen LogP contribution in [0.5, 0.6) is 5.75 Å². The third-order valence-corrected chi connectivity index (χ3v) is 4.94. The molecule has 0 spiro atoms. The molecule has 0 unspecified atom stereocenters. The summed E-state index contributed by atoms with van der Waals surface area (Å²) in [6.07, 6.45) is 3.73. The maximum Gasteiger partial charge on any atom is 0.310 e. The van der Waals surface area contributed by atoms with Gasteiger partial charge in [-0.25, -0.2) is 4.98 Å². The average molecular weight is 373 g/mol. The minimum Gasteiger partial charge on any atom is -0.486 e. The SMILES string of the molecule is O=C(c1ccc(SCCOc2ccccc2[N+](=O)[O-])nc1)N1CCCC1. The quantitative estimate of drug-likeness (QED) is 0.320. The van der Waals surface area contributed by atoms with E-state index in [2.05, 4.69) is 4.98 Å². The van der Waals surface area contributed by atoms with Crippen LogP contribution in [0.25, 0.3) is 0 Å². The van der Waals surface area contributed by atoms with Crippen molar-refractivity contribution in [3.05, 3.63) is 58.3 Å². The molecule has 1 aromatic carbocycles. The topological polar surface area (TPSA) is 85.6 Å². The molecule has 8 heteroatoms. The Bertz CT molecular complexity index is 776. The molecule has 1 aliphatic heterocycles. The Morgan fingerprint density at radius 3 is 2.69 bits per heavy atom. The Morgan fingerprint density at radius 2 is 2.00 bits per heavy atom. The molecule has 0 bridgehead atoms. The van der Waals surface area contributed by atoms with E-state index >= 15 is 0 Å². The lowest BCUT2D eigenvalue weighted by molar-refractivity contribution is -0.385. The molecule has 136 valence electrons. The number of nitro groups is 1. The first-order valence-corrected chi connectivity index (χ1v) is 9.38. The van der Waals surface area contributed by atoms with Gasteiger partial charge in [0.05, 0.1) is 22.1 Å². The van der Waals surface area contributed by atoms with Crippen molar-refractivity contribution in [3.8, 4) is 5.75 Å². The fourth-order valence-electron chi connectivity index (χ4n) is 2.72. The van der Waals surface area contributed by atoms with Crippen molar-refractivity contribution in [2.75, 3.05) is 25.4 Å². The minimum absolute atomic E-state index is 0.0336. The van der Waals surface area contributed by atoms with Gasteiger partial charge in [-0.1, -0.05) is 12.1 Å². The summed E-state index contributed by atoms with van der Waals surface area (Å²) in [5.74, 6) is 0.891. The van der Waals surface area contributed by atoms with Crippen LogP contribution in [0.15, 0.2) is 47.6 Å². The highest BCUT2D eigenvalue weighted by Crippen LogP contribution is 2.26. The summed E-state index contributed by atoms with van der Waals surface area (Å²) in [6.45, 7) is 1.96. The second kappa shape index (κ2) is 8.66. The van der Waals surface area contributed by atoms with Crippen molar-refractivity contribution in [2.24, 2.45) is 0 Å². The highest BCUT2D eigenvalue weighted by atomic mass is 32.2. The van der Waals surface area contributed by atoms with E-state index in [0.717, 1.165) is 31.0 Å². The molecule has 1 aliphatic rings. The standard InChI is InChI=1S/C18H19N3O4S/c22-18(20-9-3-4-10-20)14-7-8-17(19-13-14)26-12-11-25-16-6-2-1-5-15(16)21(23)24/h1-2,5-8,13H,3-4,9-12H2. The number of pyridine rings is 1. The number of benzene rings is 1. The van der Waals surface area contributed by atoms with Gasteiger partial charge >= 0.3 is 5.69 Å². The maximum atomic E-state index is 12.3. The number of para-hydroxylation sites is 2. The fraction of sp³-hybridized carbons (Fsp3) is 0.333. The van der Waals surface area contributed by atoms with Gasteiger partial charge in [0, 0.05) is 31.1 Å². The summed E-state index contributed by atoms with van der Waals surface area (Å²) in [7, 11) is 0. The number of ether oxygens (including phenoxy) is 1. The Balaban J connectivity index is 1.48. The molecule has 1 aromatic heterocycles. The van der Waals surface area contributed by atoms with Crippen molar-refractivity contribution >= 4 is 23.4 Å². The molecule has 1 saturated heterocycles. The highest BCUT2D eigenvalue weighted by Gasteiger charge is 2.19. The van der Waals surface area contributed by atoms with Crippen LogP contribution in [0.4, 0.5) is 5.69 Å². The predicted octanol–water partition coefficient (Wildman–Crippen LogP) is 3.40. The lowest BCUT2D eigenvalue weighted by Gasteiger charge is -2.14. The number of rotatable bonds is 7. The van der Waals surface area contributed by atoms with Gasteiger partial charge in [-0.3, -0.25) is 14.9 Å². The number of hydrogen-bond donors (Lipinski definition) is 0. The molecule has 0 saturated carbocycles. The predicted molar refractivity (Wildman–Crippen MR) is 98.7 cm³/mol. The van der Waals surface area contributed by atoms with E-state index in [-0.39, 0.29) is 17.3 Å². The Morgan fingerprint density at radius 1 is 1.23 bits per heavy atom. The normalized spacial score (nSPS) is 13.6. The van der Waals surface area contributed by atoms with E-state index in [1.165, 1.54) is 17.8 Å². The Hall–Kier alpha value is -2.61. The lowest BCUT2D eigenvalue weighted by atomic mass is 10.2. The summed E-state index contributed by atoms with van der Waals surface area (Å²) >= 11 is 1.48. The van der Waals surface area contributed by atoms with Crippen LogP contribution in [0.1, 0.15) is 23.2 Å². The molecule has 2 heterocycles. The molecule has 7 nitrogen and oxygen atoms in total. The summed E-state index contributed by atoms with van der Waals surface area (Å²) in [5, 5.41) is 11.7. The van der Waals surface area contributed by atoms with Crippen molar-refractivity contribution < 1.29 is 14.5 Å². The van der Waals surface area contributed by atoms with Crippen LogP contribution in [-0.2, 0) is 0 Å². The Kier molecular flexibility index (Phi) is 6.06. The zero-order valence-electron chi connectivity index (χ0n) is 14.2. The number of hydrogen-bond acceptors (Lipinski definition) is 6. The van der Waals surface area contributed by atoms with Crippen LogP contribution in [0.2, 0.25) is 0 Å². The van der Waals surface area contributed by atoms with E-state index in [1.54, 1.807) is 30.5 Å². The number of nitrogens with zero attached hydrogens (tertiary/aromatic N) is 3. The number of carbonyl (C=O) groups is 1. The van der Waals surface area contributed by atoms with E-state index in [1.807, 2.05) is 11.0 Å². The van der Waals surface area contributed by atoms with Gasteiger partial charge in [0.1, 0.15) is 0 Å². The number of amides is 1. The fourth-order valence-corrected chi connectivity index (χ4v) is 3.39. The first-order chi connectivity index (χ1) is 12.6. The molecular formula is C18H19N3O4S. The second-order valence-corrected chi connectivity index (χ2v) is 6.92. The molecule has 2 aromatic rings. The van der Waals surface area contributed by atoms with E-state index < -0.39 is 4.92 Å². The van der Waals surface area contributed by atoms with E-state index in [4.69, 9.17) is 4.74 Å². The Labute approximate surface area is 155 Å². The second-order valence-electron chi connectivity index (χ2n) is 5.81. The molecular weight excluding hydrogens is 354 g/mol.